The molecule has 9 heteroatoms. The fraction of sp³-hybridized carbons (Fsp3) is 0.333. The van der Waals surface area contributed by atoms with E-state index >= 15 is 0 Å². The number of amides is 1. The lowest BCUT2D eigenvalue weighted by atomic mass is 10.1. The molecule has 1 amide bonds. The lowest BCUT2D eigenvalue weighted by molar-refractivity contribution is 0.0240. The van der Waals surface area contributed by atoms with Crippen LogP contribution in [0.2, 0.25) is 0 Å². The summed E-state index contributed by atoms with van der Waals surface area (Å²) in [6.45, 7) is 7.69. The molecule has 1 fully saturated rings. The Kier molecular flexibility index (Phi) is 4.73. The molecule has 5 rings (SSSR count). The molecule has 2 aliphatic heterocycles. The largest absolute Gasteiger partial charge is 0.444 e. The second-order valence-electron chi connectivity index (χ2n) is 9.22. The number of hydrogen-bond donors (Lipinski definition) is 0. The van der Waals surface area contributed by atoms with Crippen LogP contribution >= 0.6 is 0 Å². The van der Waals surface area contributed by atoms with Gasteiger partial charge in [0.1, 0.15) is 11.4 Å². The predicted molar refractivity (Wildman–Crippen MR) is 121 cm³/mol. The highest BCUT2D eigenvalue weighted by atomic mass is 19.1. The van der Waals surface area contributed by atoms with Gasteiger partial charge in [-0.15, -0.1) is 0 Å². The van der Waals surface area contributed by atoms with Crippen molar-refractivity contribution >= 4 is 28.5 Å². The summed E-state index contributed by atoms with van der Waals surface area (Å²) in [7, 11) is 0. The van der Waals surface area contributed by atoms with Crippen molar-refractivity contribution in [2.75, 3.05) is 31.1 Å². The van der Waals surface area contributed by atoms with Crippen LogP contribution in [-0.2, 0) is 4.74 Å². The highest BCUT2D eigenvalue weighted by Crippen LogP contribution is 2.28. The number of carbonyl (C=O) groups excluding carboxylic acids is 2. The first kappa shape index (κ1) is 21.1. The van der Waals surface area contributed by atoms with Crippen LogP contribution in [0.4, 0.5) is 14.9 Å². The second-order valence-corrected chi connectivity index (χ2v) is 9.22. The zero-order valence-corrected chi connectivity index (χ0v) is 18.6. The molecule has 0 atom stereocenters. The Labute approximate surface area is 189 Å². The maximum absolute atomic E-state index is 13.7. The summed E-state index contributed by atoms with van der Waals surface area (Å²) in [6.07, 6.45) is -0.335. The van der Waals surface area contributed by atoms with Crippen LogP contribution in [0.1, 0.15) is 37.0 Å². The summed E-state index contributed by atoms with van der Waals surface area (Å²) in [5.74, 6) is -1.02. The summed E-state index contributed by atoms with van der Waals surface area (Å²) < 4.78 is 20.4. The summed E-state index contributed by atoms with van der Waals surface area (Å²) >= 11 is 0. The van der Waals surface area contributed by atoms with Crippen LogP contribution in [0.3, 0.4) is 0 Å². The first-order valence-electron chi connectivity index (χ1n) is 10.8. The monoisotopic (exact) mass is 450 g/mol. The van der Waals surface area contributed by atoms with Gasteiger partial charge >= 0.3 is 6.09 Å². The molecule has 170 valence electrons. The standard InChI is InChI=1S/C24H23FN4O4/c1-24(2,3)33-23(32)28-10-8-27(9-11-28)15-5-6-18-16(13-15)22(31)29-19-7-4-14(25)12-17(19)20(30)21(29)26-18/h4-7,12-13H,8-11H2,1-3H3. The predicted octanol–water partition coefficient (Wildman–Crippen LogP) is 3.13. The van der Waals surface area contributed by atoms with E-state index < -0.39 is 17.2 Å². The molecule has 1 aromatic heterocycles. The minimum absolute atomic E-state index is 0.00757. The van der Waals surface area contributed by atoms with E-state index in [1.54, 1.807) is 17.0 Å². The van der Waals surface area contributed by atoms with Gasteiger partial charge in [0.05, 0.1) is 22.2 Å². The molecule has 33 heavy (non-hydrogen) atoms. The van der Waals surface area contributed by atoms with E-state index in [4.69, 9.17) is 4.74 Å². The minimum Gasteiger partial charge on any atom is -0.444 e. The Morgan fingerprint density at radius 2 is 1.76 bits per heavy atom. The van der Waals surface area contributed by atoms with E-state index in [-0.39, 0.29) is 23.0 Å². The summed E-state index contributed by atoms with van der Waals surface area (Å²) in [5, 5.41) is 0.371. The molecule has 0 saturated carbocycles. The third-order valence-corrected chi connectivity index (χ3v) is 5.80. The third kappa shape index (κ3) is 3.63. The van der Waals surface area contributed by atoms with E-state index in [1.165, 1.54) is 16.7 Å². The molecule has 8 nitrogen and oxygen atoms in total. The number of aromatic nitrogens is 2. The number of ketones is 1. The number of ether oxygens (including phenoxy) is 1. The second kappa shape index (κ2) is 7.40. The number of fused-ring (bicyclic) bond motifs is 4. The Morgan fingerprint density at radius 3 is 2.45 bits per heavy atom. The van der Waals surface area contributed by atoms with Crippen molar-refractivity contribution in [1.82, 2.24) is 14.5 Å². The Morgan fingerprint density at radius 1 is 1.03 bits per heavy atom. The molecule has 0 bridgehead atoms. The summed E-state index contributed by atoms with van der Waals surface area (Å²) in [6, 6.07) is 9.09. The molecule has 1 saturated heterocycles. The van der Waals surface area contributed by atoms with Gasteiger partial charge in [-0.05, 0) is 57.2 Å². The number of piperazine rings is 1. The van der Waals surface area contributed by atoms with Gasteiger partial charge in [0.2, 0.25) is 5.78 Å². The van der Waals surface area contributed by atoms with E-state index in [1.807, 2.05) is 26.8 Å². The van der Waals surface area contributed by atoms with Gasteiger partial charge in [-0.2, -0.15) is 0 Å². The molecular weight excluding hydrogens is 427 g/mol. The van der Waals surface area contributed by atoms with E-state index in [0.29, 0.717) is 42.8 Å². The quantitative estimate of drug-likeness (QED) is 0.443. The van der Waals surface area contributed by atoms with Gasteiger partial charge in [0.25, 0.3) is 5.56 Å². The van der Waals surface area contributed by atoms with Gasteiger partial charge in [0.15, 0.2) is 5.82 Å². The zero-order valence-electron chi connectivity index (χ0n) is 18.6. The van der Waals surface area contributed by atoms with Gasteiger partial charge in [-0.1, -0.05) is 0 Å². The highest BCUT2D eigenvalue weighted by Gasteiger charge is 2.31. The van der Waals surface area contributed by atoms with Crippen molar-refractivity contribution in [1.29, 1.82) is 0 Å². The molecule has 0 spiro atoms. The van der Waals surface area contributed by atoms with Crippen molar-refractivity contribution in [3.8, 4) is 5.69 Å². The summed E-state index contributed by atoms with van der Waals surface area (Å²) in [4.78, 5) is 46.5. The number of nitrogens with zero attached hydrogens (tertiary/aromatic N) is 4. The number of halogens is 1. The number of anilines is 1. The number of hydrogen-bond acceptors (Lipinski definition) is 6. The van der Waals surface area contributed by atoms with E-state index in [2.05, 4.69) is 9.88 Å². The van der Waals surface area contributed by atoms with E-state index in [9.17, 15) is 18.8 Å². The van der Waals surface area contributed by atoms with Crippen molar-refractivity contribution in [3.05, 3.63) is 64.0 Å². The lowest BCUT2D eigenvalue weighted by Gasteiger charge is -2.36. The number of rotatable bonds is 1. The summed E-state index contributed by atoms with van der Waals surface area (Å²) in [5.41, 5.74) is 0.787. The topological polar surface area (TPSA) is 84.7 Å². The SMILES string of the molecule is CC(C)(C)OC(=O)N1CCN(c2ccc3nc4n(c(=O)c3c2)-c2ccc(F)cc2C4=O)CC1. The Hall–Kier alpha value is -3.75. The molecule has 2 aromatic carbocycles. The van der Waals surface area contributed by atoms with Crippen molar-refractivity contribution in [2.24, 2.45) is 0 Å². The Bertz CT molecular complexity index is 1370. The van der Waals surface area contributed by atoms with Gasteiger partial charge in [-0.3, -0.25) is 14.2 Å². The third-order valence-electron chi connectivity index (χ3n) is 5.80. The minimum atomic E-state index is -0.548. The highest BCUT2D eigenvalue weighted by molar-refractivity contribution is 6.13. The first-order valence-corrected chi connectivity index (χ1v) is 10.8. The first-order chi connectivity index (χ1) is 15.6. The van der Waals surface area contributed by atoms with Gasteiger partial charge in [-0.25, -0.2) is 14.2 Å². The van der Waals surface area contributed by atoms with Crippen LogP contribution in [0, 0.1) is 5.82 Å². The maximum Gasteiger partial charge on any atom is 0.410 e. The van der Waals surface area contributed by atoms with E-state index in [0.717, 1.165) is 11.8 Å². The van der Waals surface area contributed by atoms with Crippen molar-refractivity contribution in [3.63, 3.8) is 0 Å². The molecule has 0 aliphatic carbocycles. The fourth-order valence-electron chi connectivity index (χ4n) is 4.23. The normalized spacial score (nSPS) is 15.6. The van der Waals surface area contributed by atoms with Crippen LogP contribution in [0.5, 0.6) is 0 Å². The van der Waals surface area contributed by atoms with Crippen LogP contribution in [0.15, 0.2) is 41.2 Å². The number of benzene rings is 2. The molecule has 0 unspecified atom stereocenters. The number of carbonyl (C=O) groups is 2. The Balaban J connectivity index is 1.44. The maximum atomic E-state index is 13.7. The average molecular weight is 450 g/mol. The lowest BCUT2D eigenvalue weighted by Crippen LogP contribution is -2.50. The van der Waals surface area contributed by atoms with Crippen LogP contribution in [-0.4, -0.2) is 58.1 Å². The molecule has 0 N–H and O–H groups in total. The van der Waals surface area contributed by atoms with Crippen LogP contribution in [0.25, 0.3) is 16.6 Å². The molecular formula is C24H23FN4O4. The van der Waals surface area contributed by atoms with Gasteiger partial charge < -0.3 is 14.5 Å². The smallest absolute Gasteiger partial charge is 0.410 e. The average Bonchev–Trinajstić information content (AvgIpc) is 3.04. The molecule has 3 heterocycles. The zero-order chi connectivity index (χ0) is 23.5. The molecule has 3 aromatic rings. The van der Waals surface area contributed by atoms with Crippen LogP contribution < -0.4 is 10.5 Å². The molecule has 2 aliphatic rings. The van der Waals surface area contributed by atoms with Gasteiger partial charge in [0, 0.05) is 31.9 Å². The van der Waals surface area contributed by atoms with Crippen molar-refractivity contribution in [2.45, 2.75) is 26.4 Å². The fourth-order valence-corrected chi connectivity index (χ4v) is 4.23. The molecule has 0 radical (unpaired) electrons. The van der Waals surface area contributed by atoms with Crippen molar-refractivity contribution < 1.29 is 18.7 Å².